The van der Waals surface area contributed by atoms with Gasteiger partial charge in [-0.15, -0.1) is 0 Å². The second kappa shape index (κ2) is 4.72. The number of benzene rings is 1. The van der Waals surface area contributed by atoms with Crippen LogP contribution in [0.1, 0.15) is 39.3 Å². The zero-order valence-corrected chi connectivity index (χ0v) is 12.2. The van der Waals surface area contributed by atoms with Crippen LogP contribution in [0.15, 0.2) is 24.4 Å². The molecular formula is C17H20FNO. The number of ether oxygens (including phenoxy) is 1. The van der Waals surface area contributed by atoms with Crippen molar-refractivity contribution in [2.24, 2.45) is 5.92 Å². The summed E-state index contributed by atoms with van der Waals surface area (Å²) in [7, 11) is 0. The smallest absolute Gasteiger partial charge is 0.165 e. The predicted octanol–water partition coefficient (Wildman–Crippen LogP) is 4.46. The Morgan fingerprint density at radius 3 is 2.60 bits per heavy atom. The summed E-state index contributed by atoms with van der Waals surface area (Å²) < 4.78 is 19.8. The van der Waals surface area contributed by atoms with Crippen molar-refractivity contribution in [3.8, 4) is 5.75 Å². The number of pyridine rings is 1. The van der Waals surface area contributed by atoms with E-state index in [2.05, 4.69) is 25.8 Å². The van der Waals surface area contributed by atoms with Gasteiger partial charge in [-0.05, 0) is 37.0 Å². The van der Waals surface area contributed by atoms with Gasteiger partial charge in [-0.2, -0.15) is 0 Å². The van der Waals surface area contributed by atoms with Crippen molar-refractivity contribution in [2.75, 3.05) is 6.61 Å². The molecule has 1 aromatic heterocycles. The molecule has 1 heterocycles. The quantitative estimate of drug-likeness (QED) is 0.823. The van der Waals surface area contributed by atoms with E-state index in [4.69, 9.17) is 4.74 Å². The standard InChI is InChI=1S/C17H20FNO/c1-17(2,3)16-13-6-7-14(18)15(12(13)8-9-19-16)20-10-11-4-5-11/h6-9,11H,4-5,10H2,1-3H3. The maximum absolute atomic E-state index is 14.1. The summed E-state index contributed by atoms with van der Waals surface area (Å²) in [5, 5.41) is 1.80. The molecule has 3 heteroatoms. The van der Waals surface area contributed by atoms with E-state index in [1.54, 1.807) is 6.20 Å². The first-order chi connectivity index (χ1) is 9.47. The van der Waals surface area contributed by atoms with Crippen LogP contribution in [0.4, 0.5) is 4.39 Å². The number of halogens is 1. The van der Waals surface area contributed by atoms with Crippen LogP contribution in [-0.2, 0) is 5.41 Å². The van der Waals surface area contributed by atoms with E-state index in [-0.39, 0.29) is 11.2 Å². The molecule has 0 atom stereocenters. The molecule has 1 aromatic carbocycles. The van der Waals surface area contributed by atoms with E-state index in [9.17, 15) is 4.39 Å². The number of rotatable bonds is 3. The SMILES string of the molecule is CC(C)(C)c1nccc2c(OCC3CC3)c(F)ccc12. The lowest BCUT2D eigenvalue weighted by molar-refractivity contribution is 0.289. The molecule has 1 fully saturated rings. The predicted molar refractivity (Wildman–Crippen MR) is 78.6 cm³/mol. The molecule has 0 saturated heterocycles. The number of aromatic nitrogens is 1. The van der Waals surface area contributed by atoms with Crippen molar-refractivity contribution in [1.82, 2.24) is 4.98 Å². The van der Waals surface area contributed by atoms with Gasteiger partial charge in [0.25, 0.3) is 0 Å². The van der Waals surface area contributed by atoms with Crippen LogP contribution >= 0.6 is 0 Å². The van der Waals surface area contributed by atoms with E-state index in [1.807, 2.05) is 12.1 Å². The fraction of sp³-hybridized carbons (Fsp3) is 0.471. The van der Waals surface area contributed by atoms with Crippen LogP contribution in [0.5, 0.6) is 5.75 Å². The molecule has 0 radical (unpaired) electrons. The van der Waals surface area contributed by atoms with E-state index < -0.39 is 0 Å². The average Bonchev–Trinajstić information content (AvgIpc) is 3.19. The third-order valence-electron chi connectivity index (χ3n) is 3.72. The van der Waals surface area contributed by atoms with Crippen molar-refractivity contribution in [3.63, 3.8) is 0 Å². The fourth-order valence-electron chi connectivity index (χ4n) is 2.43. The molecule has 0 amide bonds. The van der Waals surface area contributed by atoms with Crippen LogP contribution in [0.3, 0.4) is 0 Å². The minimum atomic E-state index is -0.288. The third kappa shape index (κ3) is 2.49. The Balaban J connectivity index is 2.10. The summed E-state index contributed by atoms with van der Waals surface area (Å²) >= 11 is 0. The van der Waals surface area contributed by atoms with Crippen LogP contribution in [0.25, 0.3) is 10.8 Å². The van der Waals surface area contributed by atoms with Gasteiger partial charge in [0, 0.05) is 22.4 Å². The Kier molecular flexibility index (Phi) is 3.15. The normalized spacial score (nSPS) is 15.6. The molecule has 0 unspecified atom stereocenters. The third-order valence-corrected chi connectivity index (χ3v) is 3.72. The number of fused-ring (bicyclic) bond motifs is 1. The van der Waals surface area contributed by atoms with Crippen molar-refractivity contribution in [3.05, 3.63) is 35.9 Å². The summed E-state index contributed by atoms with van der Waals surface area (Å²) in [5.41, 5.74) is 0.900. The average molecular weight is 273 g/mol. The van der Waals surface area contributed by atoms with Crippen LogP contribution in [0.2, 0.25) is 0 Å². The molecule has 0 N–H and O–H groups in total. The summed E-state index contributed by atoms with van der Waals surface area (Å²) in [5.74, 6) is 0.695. The largest absolute Gasteiger partial charge is 0.490 e. The summed E-state index contributed by atoms with van der Waals surface area (Å²) in [6, 6.07) is 5.14. The summed E-state index contributed by atoms with van der Waals surface area (Å²) in [6.07, 6.45) is 4.13. The summed E-state index contributed by atoms with van der Waals surface area (Å²) in [6.45, 7) is 6.96. The van der Waals surface area contributed by atoms with Gasteiger partial charge in [-0.3, -0.25) is 4.98 Å². The lowest BCUT2D eigenvalue weighted by atomic mass is 9.88. The van der Waals surface area contributed by atoms with Gasteiger partial charge in [0.15, 0.2) is 11.6 Å². The number of nitrogens with zero attached hydrogens (tertiary/aromatic N) is 1. The van der Waals surface area contributed by atoms with E-state index in [1.165, 1.54) is 18.9 Å². The molecule has 0 spiro atoms. The van der Waals surface area contributed by atoms with Gasteiger partial charge < -0.3 is 4.74 Å². The molecule has 2 nitrogen and oxygen atoms in total. The molecule has 1 saturated carbocycles. The Morgan fingerprint density at radius 1 is 1.20 bits per heavy atom. The second-order valence-electron chi connectivity index (χ2n) is 6.64. The first-order valence-corrected chi connectivity index (χ1v) is 7.17. The van der Waals surface area contributed by atoms with Gasteiger partial charge in [0.05, 0.1) is 12.3 Å². The lowest BCUT2D eigenvalue weighted by Gasteiger charge is -2.20. The van der Waals surface area contributed by atoms with Gasteiger partial charge in [0.2, 0.25) is 0 Å². The van der Waals surface area contributed by atoms with Crippen LogP contribution < -0.4 is 4.74 Å². The van der Waals surface area contributed by atoms with Crippen molar-refractivity contribution in [2.45, 2.75) is 39.0 Å². The molecule has 1 aliphatic carbocycles. The molecule has 0 aliphatic heterocycles. The first kappa shape index (κ1) is 13.3. The molecule has 3 rings (SSSR count). The number of hydrogen-bond donors (Lipinski definition) is 0. The molecule has 20 heavy (non-hydrogen) atoms. The van der Waals surface area contributed by atoms with E-state index in [0.29, 0.717) is 18.3 Å². The molecule has 1 aliphatic rings. The van der Waals surface area contributed by atoms with Crippen molar-refractivity contribution in [1.29, 1.82) is 0 Å². The van der Waals surface area contributed by atoms with Gasteiger partial charge >= 0.3 is 0 Å². The Morgan fingerprint density at radius 2 is 1.95 bits per heavy atom. The number of hydrogen-bond acceptors (Lipinski definition) is 2. The Labute approximate surface area is 119 Å². The zero-order chi connectivity index (χ0) is 14.3. The first-order valence-electron chi connectivity index (χ1n) is 7.17. The highest BCUT2D eigenvalue weighted by molar-refractivity contribution is 5.90. The second-order valence-corrected chi connectivity index (χ2v) is 6.64. The van der Waals surface area contributed by atoms with Gasteiger partial charge in [-0.1, -0.05) is 20.8 Å². The van der Waals surface area contributed by atoms with Crippen LogP contribution in [-0.4, -0.2) is 11.6 Å². The van der Waals surface area contributed by atoms with Gasteiger partial charge in [-0.25, -0.2) is 4.39 Å². The molecular weight excluding hydrogens is 253 g/mol. The highest BCUT2D eigenvalue weighted by Crippen LogP contribution is 2.36. The maximum atomic E-state index is 14.1. The van der Waals surface area contributed by atoms with E-state index in [0.717, 1.165) is 16.5 Å². The zero-order valence-electron chi connectivity index (χ0n) is 12.2. The van der Waals surface area contributed by atoms with Crippen molar-refractivity contribution >= 4 is 10.8 Å². The Bertz CT molecular complexity index is 641. The topological polar surface area (TPSA) is 22.1 Å². The minimum Gasteiger partial charge on any atom is -0.490 e. The minimum absolute atomic E-state index is 0.0783. The fourth-order valence-corrected chi connectivity index (χ4v) is 2.43. The summed E-state index contributed by atoms with van der Waals surface area (Å²) in [4.78, 5) is 4.48. The monoisotopic (exact) mass is 273 g/mol. The molecule has 106 valence electrons. The Hall–Kier alpha value is -1.64. The lowest BCUT2D eigenvalue weighted by Crippen LogP contribution is -2.14. The van der Waals surface area contributed by atoms with Crippen molar-refractivity contribution < 1.29 is 9.13 Å². The highest BCUT2D eigenvalue weighted by atomic mass is 19.1. The van der Waals surface area contributed by atoms with Crippen LogP contribution in [0, 0.1) is 11.7 Å². The van der Waals surface area contributed by atoms with E-state index >= 15 is 0 Å². The molecule has 0 bridgehead atoms. The molecule has 2 aromatic rings. The van der Waals surface area contributed by atoms with Gasteiger partial charge in [0.1, 0.15) is 0 Å². The maximum Gasteiger partial charge on any atom is 0.165 e. The highest BCUT2D eigenvalue weighted by Gasteiger charge is 2.24.